The van der Waals surface area contributed by atoms with Gasteiger partial charge >= 0.3 is 0 Å². The monoisotopic (exact) mass is 653 g/mol. The average molecular weight is 654 g/mol. The van der Waals surface area contributed by atoms with Gasteiger partial charge in [0.1, 0.15) is 0 Å². The fraction of sp³-hybridized carbons (Fsp3) is 0.429. The molecular weight excluding hydrogens is 619 g/mol. The standard InChI is InChI=1S/C28H35N11O4S2/c40-22(37-43)10-6-1-2-7-13-39-18-20(17-29-39)24(42)32-27-35-36-28(45-27)38-14-11-21(12-15-38)30-25-33-34-26(44-25)31-23(41)16-19-8-4-3-5-9-19/h3-5,8-9,17-18,21,43H,1-2,6-7,10-16H2,(H,30,33)(H,37,40)(H,31,34,41)(H,32,35,42). The minimum Gasteiger partial charge on any atom is -0.357 e. The third-order valence-corrected chi connectivity index (χ3v) is 8.84. The quantitative estimate of drug-likeness (QED) is 0.0716. The van der Waals surface area contributed by atoms with Crippen molar-refractivity contribution in [1.29, 1.82) is 0 Å². The molecule has 1 fully saturated rings. The molecule has 0 saturated carbocycles. The van der Waals surface area contributed by atoms with E-state index in [-0.39, 0.29) is 30.2 Å². The fourth-order valence-electron chi connectivity index (χ4n) is 4.80. The fourth-order valence-corrected chi connectivity index (χ4v) is 6.33. The molecule has 0 spiro atoms. The number of hydroxylamine groups is 1. The summed E-state index contributed by atoms with van der Waals surface area (Å²) in [6.45, 7) is 2.20. The molecular formula is C28H35N11O4S2. The van der Waals surface area contributed by atoms with Gasteiger partial charge in [-0.25, -0.2) is 5.48 Å². The number of benzene rings is 1. The van der Waals surface area contributed by atoms with Gasteiger partial charge < -0.3 is 15.5 Å². The van der Waals surface area contributed by atoms with Crippen molar-refractivity contribution in [2.75, 3.05) is 33.9 Å². The number of carbonyl (C=O) groups excluding carboxylic acids is 3. The number of hydrogen-bond donors (Lipinski definition) is 5. The third kappa shape index (κ3) is 9.75. The van der Waals surface area contributed by atoms with Crippen LogP contribution in [-0.4, -0.2) is 72.2 Å². The van der Waals surface area contributed by atoms with E-state index in [1.165, 1.54) is 28.9 Å². The van der Waals surface area contributed by atoms with Crippen molar-refractivity contribution in [3.63, 3.8) is 0 Å². The van der Waals surface area contributed by atoms with Crippen LogP contribution in [0.15, 0.2) is 42.7 Å². The number of piperidine rings is 1. The predicted molar refractivity (Wildman–Crippen MR) is 171 cm³/mol. The first-order valence-corrected chi connectivity index (χ1v) is 16.4. The van der Waals surface area contributed by atoms with Crippen LogP contribution in [0.2, 0.25) is 0 Å². The van der Waals surface area contributed by atoms with E-state index in [9.17, 15) is 14.4 Å². The first-order chi connectivity index (χ1) is 21.9. The van der Waals surface area contributed by atoms with Gasteiger partial charge in [0, 0.05) is 38.3 Å². The van der Waals surface area contributed by atoms with E-state index in [1.54, 1.807) is 16.4 Å². The van der Waals surface area contributed by atoms with Gasteiger partial charge in [0.25, 0.3) is 5.91 Å². The smallest absolute Gasteiger partial charge is 0.260 e. The maximum Gasteiger partial charge on any atom is 0.260 e. The Kier molecular flexibility index (Phi) is 11.4. The summed E-state index contributed by atoms with van der Waals surface area (Å²) in [5.74, 6) is -0.802. The summed E-state index contributed by atoms with van der Waals surface area (Å²) in [4.78, 5) is 38.2. The molecule has 5 N–H and O–H groups in total. The molecule has 0 unspecified atom stereocenters. The average Bonchev–Trinajstić information content (AvgIpc) is 3.82. The molecule has 5 rings (SSSR count). The van der Waals surface area contributed by atoms with Crippen LogP contribution in [-0.2, 0) is 22.6 Å². The van der Waals surface area contributed by atoms with Gasteiger partial charge in [-0.3, -0.25) is 29.6 Å². The summed E-state index contributed by atoms with van der Waals surface area (Å²) in [6.07, 6.45) is 8.89. The van der Waals surface area contributed by atoms with Crippen molar-refractivity contribution in [2.45, 2.75) is 64.0 Å². The third-order valence-electron chi connectivity index (χ3n) is 7.17. The van der Waals surface area contributed by atoms with Gasteiger partial charge in [-0.1, -0.05) is 65.8 Å². The zero-order chi connectivity index (χ0) is 31.4. The van der Waals surface area contributed by atoms with Gasteiger partial charge in [0.15, 0.2) is 0 Å². The molecule has 1 aliphatic rings. The number of aromatic nitrogens is 6. The van der Waals surface area contributed by atoms with Crippen LogP contribution in [0.3, 0.4) is 0 Å². The summed E-state index contributed by atoms with van der Waals surface area (Å²) >= 11 is 2.64. The molecule has 0 bridgehead atoms. The van der Waals surface area contributed by atoms with Crippen LogP contribution < -0.4 is 26.3 Å². The molecule has 1 aliphatic heterocycles. The molecule has 0 atom stereocenters. The van der Waals surface area contributed by atoms with E-state index in [0.29, 0.717) is 40.3 Å². The molecule has 3 aromatic heterocycles. The van der Waals surface area contributed by atoms with E-state index >= 15 is 0 Å². The Morgan fingerprint density at radius 1 is 0.867 bits per heavy atom. The summed E-state index contributed by atoms with van der Waals surface area (Å²) in [5.41, 5.74) is 3.01. The zero-order valence-corrected chi connectivity index (χ0v) is 26.1. The Morgan fingerprint density at radius 2 is 1.60 bits per heavy atom. The van der Waals surface area contributed by atoms with Gasteiger partial charge in [-0.15, -0.1) is 20.4 Å². The second kappa shape index (κ2) is 16.0. The van der Waals surface area contributed by atoms with E-state index in [1.807, 2.05) is 30.3 Å². The summed E-state index contributed by atoms with van der Waals surface area (Å²) in [5, 5.41) is 40.8. The number of anilines is 4. The molecule has 1 aromatic carbocycles. The number of nitrogens with one attached hydrogen (secondary N) is 4. The summed E-state index contributed by atoms with van der Waals surface area (Å²) < 4.78 is 1.73. The molecule has 45 heavy (non-hydrogen) atoms. The Morgan fingerprint density at radius 3 is 2.40 bits per heavy atom. The molecule has 238 valence electrons. The number of carbonyl (C=O) groups is 3. The van der Waals surface area contributed by atoms with E-state index in [0.717, 1.165) is 55.9 Å². The van der Waals surface area contributed by atoms with Gasteiger partial charge in [-0.2, -0.15) is 5.10 Å². The minimum absolute atomic E-state index is 0.132. The predicted octanol–water partition coefficient (Wildman–Crippen LogP) is 3.56. The maximum absolute atomic E-state index is 12.7. The normalized spacial score (nSPS) is 13.4. The van der Waals surface area contributed by atoms with Crippen molar-refractivity contribution in [3.05, 3.63) is 53.9 Å². The molecule has 4 aromatic rings. The minimum atomic E-state index is -0.374. The van der Waals surface area contributed by atoms with Crippen LogP contribution in [0.5, 0.6) is 0 Å². The Balaban J connectivity index is 1.00. The first kappa shape index (κ1) is 31.9. The molecule has 0 aliphatic carbocycles. The van der Waals surface area contributed by atoms with Crippen LogP contribution in [0.25, 0.3) is 0 Å². The molecule has 1 saturated heterocycles. The number of nitrogens with zero attached hydrogens (tertiary/aromatic N) is 7. The second-order valence-corrected chi connectivity index (χ2v) is 12.5. The lowest BCUT2D eigenvalue weighted by Crippen LogP contribution is -2.39. The van der Waals surface area contributed by atoms with Crippen LogP contribution in [0.1, 0.15) is 60.9 Å². The molecule has 3 amide bonds. The number of rotatable bonds is 15. The molecule has 0 radical (unpaired) electrons. The van der Waals surface area contributed by atoms with Crippen molar-refractivity contribution >= 4 is 60.9 Å². The van der Waals surface area contributed by atoms with Crippen molar-refractivity contribution < 1.29 is 19.6 Å². The summed E-state index contributed by atoms with van der Waals surface area (Å²) in [6, 6.07) is 9.75. The van der Waals surface area contributed by atoms with Crippen molar-refractivity contribution in [3.8, 4) is 0 Å². The topological polar surface area (TPSA) is 192 Å². The van der Waals surface area contributed by atoms with E-state index < -0.39 is 0 Å². The van der Waals surface area contributed by atoms with E-state index in [2.05, 4.69) is 46.3 Å². The lowest BCUT2D eigenvalue weighted by atomic mass is 10.1. The van der Waals surface area contributed by atoms with Crippen LogP contribution >= 0.6 is 22.7 Å². The lowest BCUT2D eigenvalue weighted by molar-refractivity contribution is -0.129. The van der Waals surface area contributed by atoms with Crippen molar-refractivity contribution in [1.82, 2.24) is 35.7 Å². The molecule has 4 heterocycles. The highest BCUT2D eigenvalue weighted by Crippen LogP contribution is 2.29. The largest absolute Gasteiger partial charge is 0.357 e. The molecule has 17 heteroatoms. The van der Waals surface area contributed by atoms with Gasteiger partial charge in [-0.05, 0) is 31.2 Å². The lowest BCUT2D eigenvalue weighted by Gasteiger charge is -2.31. The van der Waals surface area contributed by atoms with Crippen molar-refractivity contribution in [2.24, 2.45) is 0 Å². The van der Waals surface area contributed by atoms with Crippen LogP contribution in [0, 0.1) is 0 Å². The highest BCUT2D eigenvalue weighted by molar-refractivity contribution is 7.19. The number of unbranched alkanes of at least 4 members (excludes halogenated alkanes) is 3. The SMILES string of the molecule is O=C(CCCCCCn1cc(C(=O)Nc2nnc(N3CCC(Nc4nnc(NC(=O)Cc5ccccc5)s4)CC3)s2)cn1)NO. The van der Waals surface area contributed by atoms with Gasteiger partial charge in [0.05, 0.1) is 18.2 Å². The second-order valence-electron chi connectivity index (χ2n) is 10.6. The highest BCUT2D eigenvalue weighted by atomic mass is 32.1. The van der Waals surface area contributed by atoms with Crippen LogP contribution in [0.4, 0.5) is 20.5 Å². The summed E-state index contributed by atoms with van der Waals surface area (Å²) in [7, 11) is 0. The van der Waals surface area contributed by atoms with Gasteiger partial charge in [0.2, 0.25) is 32.3 Å². The number of amides is 3. The Bertz CT molecular complexity index is 1550. The van der Waals surface area contributed by atoms with E-state index in [4.69, 9.17) is 5.21 Å². The molecule has 15 nitrogen and oxygen atoms in total. The Labute approximate surface area is 267 Å². The Hall–Kier alpha value is -4.48. The number of hydrogen-bond acceptors (Lipinski definition) is 13. The number of aryl methyl sites for hydroxylation is 1. The first-order valence-electron chi connectivity index (χ1n) is 14.7. The maximum atomic E-state index is 12.7. The zero-order valence-electron chi connectivity index (χ0n) is 24.5. The highest BCUT2D eigenvalue weighted by Gasteiger charge is 2.23.